The number of halogens is 1. The van der Waals surface area contributed by atoms with E-state index in [-0.39, 0.29) is 16.3 Å². The largest absolute Gasteiger partial charge is 0.355 e. The van der Waals surface area contributed by atoms with Crippen molar-refractivity contribution < 1.29 is 12.8 Å². The van der Waals surface area contributed by atoms with Crippen molar-refractivity contribution in [2.75, 3.05) is 13.6 Å². The van der Waals surface area contributed by atoms with Gasteiger partial charge >= 0.3 is 0 Å². The zero-order valence-corrected chi connectivity index (χ0v) is 10.0. The number of rotatable bonds is 2. The third-order valence-electron chi connectivity index (χ3n) is 2.45. The first-order chi connectivity index (χ1) is 7.97. The first kappa shape index (κ1) is 11.8. The van der Waals surface area contributed by atoms with Crippen LogP contribution in [0.15, 0.2) is 40.1 Å². The lowest BCUT2D eigenvalue weighted by Crippen LogP contribution is -2.27. The molecule has 1 heterocycles. The summed E-state index contributed by atoms with van der Waals surface area (Å²) in [5.41, 5.74) is 0.0388. The Morgan fingerprint density at radius 1 is 1.53 bits per heavy atom. The van der Waals surface area contributed by atoms with E-state index in [1.54, 1.807) is 18.0 Å². The predicted octanol–water partition coefficient (Wildman–Crippen LogP) is 1.39. The summed E-state index contributed by atoms with van der Waals surface area (Å²) in [5, 5.41) is 0. The number of hydrogen-bond acceptors (Lipinski definition) is 3. The number of nitrogens with zero attached hydrogens (tertiary/aromatic N) is 2. The highest BCUT2D eigenvalue weighted by atomic mass is 32.2. The molecule has 90 valence electrons. The Bertz CT molecular complexity index is 608. The number of sulfonamides is 1. The normalized spacial score (nSPS) is 16.2. The minimum Gasteiger partial charge on any atom is -0.355 e. The molecule has 1 aliphatic rings. The Hall–Kier alpha value is -1.69. The monoisotopic (exact) mass is 254 g/mol. The van der Waals surface area contributed by atoms with Gasteiger partial charge in [-0.05, 0) is 12.1 Å². The van der Waals surface area contributed by atoms with Gasteiger partial charge < -0.3 is 4.90 Å². The van der Waals surface area contributed by atoms with Gasteiger partial charge in [-0.1, -0.05) is 12.1 Å². The van der Waals surface area contributed by atoms with E-state index in [1.165, 1.54) is 18.2 Å². The van der Waals surface area contributed by atoms with E-state index in [2.05, 4.69) is 11.0 Å². The van der Waals surface area contributed by atoms with Gasteiger partial charge in [0.1, 0.15) is 10.7 Å². The molecule has 1 aliphatic heterocycles. The number of fused-ring (bicyclic) bond motifs is 1. The second-order valence-electron chi connectivity index (χ2n) is 3.67. The van der Waals surface area contributed by atoms with Crippen LogP contribution in [0.3, 0.4) is 0 Å². The van der Waals surface area contributed by atoms with E-state index in [1.807, 2.05) is 0 Å². The molecular formula is C11H11FN2O2S. The maximum atomic E-state index is 13.7. The van der Waals surface area contributed by atoms with Gasteiger partial charge in [-0.25, -0.2) is 4.39 Å². The fourth-order valence-corrected chi connectivity index (χ4v) is 2.94. The molecule has 6 heteroatoms. The van der Waals surface area contributed by atoms with Gasteiger partial charge in [0.2, 0.25) is 0 Å². The third kappa shape index (κ3) is 1.84. The van der Waals surface area contributed by atoms with Crippen molar-refractivity contribution in [2.24, 2.45) is 4.40 Å². The van der Waals surface area contributed by atoms with Crippen LogP contribution in [0.1, 0.15) is 5.56 Å². The average Bonchev–Trinajstić information content (AvgIpc) is 2.53. The summed E-state index contributed by atoms with van der Waals surface area (Å²) < 4.78 is 40.7. The van der Waals surface area contributed by atoms with Crippen molar-refractivity contribution >= 4 is 15.9 Å². The molecule has 1 aromatic rings. The van der Waals surface area contributed by atoms with Gasteiger partial charge in [-0.3, -0.25) is 0 Å². The zero-order valence-electron chi connectivity index (χ0n) is 9.22. The maximum Gasteiger partial charge on any atom is 0.285 e. The summed E-state index contributed by atoms with van der Waals surface area (Å²) in [6.45, 7) is 3.94. The molecule has 0 saturated heterocycles. The second kappa shape index (κ2) is 3.96. The molecule has 0 spiro atoms. The molecule has 0 unspecified atom stereocenters. The van der Waals surface area contributed by atoms with Crippen molar-refractivity contribution in [2.45, 2.75) is 4.90 Å². The standard InChI is InChI=1S/C11H11FN2O2S/c1-3-7-14(2)11-10-8(12)5-4-6-9(10)17(15,16)13-11/h3-6H,1,7H2,2H3. The molecule has 0 aromatic heterocycles. The third-order valence-corrected chi connectivity index (χ3v) is 3.76. The lowest BCUT2D eigenvalue weighted by atomic mass is 10.2. The molecule has 2 rings (SSSR count). The number of hydrogen-bond donors (Lipinski definition) is 0. The Morgan fingerprint density at radius 2 is 2.24 bits per heavy atom. The molecule has 1 aromatic carbocycles. The molecule has 17 heavy (non-hydrogen) atoms. The molecule has 0 amide bonds. The van der Waals surface area contributed by atoms with Gasteiger partial charge in [-0.15, -0.1) is 11.0 Å². The molecule has 0 radical (unpaired) electrons. The van der Waals surface area contributed by atoms with Gasteiger partial charge in [0.15, 0.2) is 5.84 Å². The molecule has 0 bridgehead atoms. The highest BCUT2D eigenvalue weighted by Gasteiger charge is 2.33. The molecule has 4 nitrogen and oxygen atoms in total. The first-order valence-electron chi connectivity index (χ1n) is 4.93. The van der Waals surface area contributed by atoms with Crippen molar-refractivity contribution in [1.29, 1.82) is 0 Å². The molecule has 0 atom stereocenters. The molecule has 0 saturated carbocycles. The van der Waals surface area contributed by atoms with Gasteiger partial charge in [0, 0.05) is 13.6 Å². The van der Waals surface area contributed by atoms with Gasteiger partial charge in [-0.2, -0.15) is 8.42 Å². The van der Waals surface area contributed by atoms with Crippen LogP contribution in [0.2, 0.25) is 0 Å². The molecule has 0 fully saturated rings. The molecule has 0 aliphatic carbocycles. The van der Waals surface area contributed by atoms with E-state index in [9.17, 15) is 12.8 Å². The number of benzene rings is 1. The summed E-state index contributed by atoms with van der Waals surface area (Å²) in [6.07, 6.45) is 1.59. The summed E-state index contributed by atoms with van der Waals surface area (Å²) in [6, 6.07) is 3.93. The SMILES string of the molecule is C=CCN(C)C1=NS(=O)(=O)c2cccc(F)c21. The van der Waals surface area contributed by atoms with Crippen LogP contribution in [0, 0.1) is 5.82 Å². The van der Waals surface area contributed by atoms with Crippen molar-refractivity contribution in [3.05, 3.63) is 42.2 Å². The van der Waals surface area contributed by atoms with Crippen LogP contribution >= 0.6 is 0 Å². The van der Waals surface area contributed by atoms with Crippen LogP contribution in [-0.4, -0.2) is 32.7 Å². The zero-order chi connectivity index (χ0) is 12.6. The lowest BCUT2D eigenvalue weighted by molar-refractivity contribution is 0.556. The Morgan fingerprint density at radius 3 is 2.88 bits per heavy atom. The first-order valence-corrected chi connectivity index (χ1v) is 6.37. The maximum absolute atomic E-state index is 13.7. The summed E-state index contributed by atoms with van der Waals surface area (Å²) in [5.74, 6) is -0.462. The Labute approximate surface area is 99.1 Å². The van der Waals surface area contributed by atoms with Gasteiger partial charge in [0.25, 0.3) is 10.0 Å². The quantitative estimate of drug-likeness (QED) is 0.749. The van der Waals surface area contributed by atoms with Crippen molar-refractivity contribution in [1.82, 2.24) is 4.90 Å². The van der Waals surface area contributed by atoms with E-state index in [0.717, 1.165) is 0 Å². The van der Waals surface area contributed by atoms with Crippen molar-refractivity contribution in [3.63, 3.8) is 0 Å². The summed E-state index contributed by atoms with van der Waals surface area (Å²) >= 11 is 0. The summed E-state index contributed by atoms with van der Waals surface area (Å²) in [7, 11) is -2.13. The van der Waals surface area contributed by atoms with Crippen LogP contribution in [-0.2, 0) is 10.0 Å². The predicted molar refractivity (Wildman–Crippen MR) is 62.9 cm³/mol. The minimum absolute atomic E-state index is 0.0388. The van der Waals surface area contributed by atoms with Crippen LogP contribution < -0.4 is 0 Å². The average molecular weight is 254 g/mol. The topological polar surface area (TPSA) is 49.7 Å². The minimum atomic E-state index is -3.77. The smallest absolute Gasteiger partial charge is 0.285 e. The Balaban J connectivity index is 2.63. The summed E-state index contributed by atoms with van der Waals surface area (Å²) in [4.78, 5) is 1.46. The number of amidine groups is 1. The second-order valence-corrected chi connectivity index (χ2v) is 5.24. The van der Waals surface area contributed by atoms with Gasteiger partial charge in [0.05, 0.1) is 5.56 Å². The van der Waals surface area contributed by atoms with E-state index < -0.39 is 15.8 Å². The van der Waals surface area contributed by atoms with E-state index in [0.29, 0.717) is 6.54 Å². The Kier molecular flexibility index (Phi) is 2.74. The van der Waals surface area contributed by atoms with Crippen LogP contribution in [0.4, 0.5) is 4.39 Å². The fraction of sp³-hybridized carbons (Fsp3) is 0.182. The lowest BCUT2D eigenvalue weighted by Gasteiger charge is -2.16. The van der Waals surface area contributed by atoms with Crippen LogP contribution in [0.5, 0.6) is 0 Å². The molecular weight excluding hydrogens is 243 g/mol. The molecule has 0 N–H and O–H groups in total. The van der Waals surface area contributed by atoms with Crippen molar-refractivity contribution in [3.8, 4) is 0 Å². The van der Waals surface area contributed by atoms with Crippen LogP contribution in [0.25, 0.3) is 0 Å². The highest BCUT2D eigenvalue weighted by Crippen LogP contribution is 2.29. The van der Waals surface area contributed by atoms with E-state index in [4.69, 9.17) is 0 Å². The highest BCUT2D eigenvalue weighted by molar-refractivity contribution is 7.90. The number of likely N-dealkylation sites (N-methyl/N-ethyl adjacent to an activating group) is 1. The van der Waals surface area contributed by atoms with E-state index >= 15 is 0 Å². The fourth-order valence-electron chi connectivity index (χ4n) is 1.69.